The molecule has 0 saturated heterocycles. The van der Waals surface area contributed by atoms with Crippen molar-refractivity contribution in [3.63, 3.8) is 0 Å². The quantitative estimate of drug-likeness (QED) is 0.424. The fourth-order valence-corrected chi connectivity index (χ4v) is 4.68. The summed E-state index contributed by atoms with van der Waals surface area (Å²) in [6, 6.07) is 14.4. The standard InChI is InChI=1S/C23H19FN4OS/c1-14-21(22(29)25-11-10-16-12-26-19-5-3-2-4-18(16)19)30-23-27-20(13-28(14)23)15-6-8-17(24)9-7-15/h2-9,12-13,26H,10-11H2,1H3,(H,25,29). The molecule has 0 aliphatic carbocycles. The van der Waals surface area contributed by atoms with Gasteiger partial charge in [0.25, 0.3) is 5.91 Å². The van der Waals surface area contributed by atoms with Gasteiger partial charge in [0, 0.05) is 41.1 Å². The second-order valence-corrected chi connectivity index (χ2v) is 8.15. The first kappa shape index (κ1) is 18.6. The third-order valence-electron chi connectivity index (χ3n) is 5.26. The maximum atomic E-state index is 13.2. The fourth-order valence-electron chi connectivity index (χ4n) is 3.65. The van der Waals surface area contributed by atoms with Gasteiger partial charge in [-0.05, 0) is 49.2 Å². The van der Waals surface area contributed by atoms with Crippen LogP contribution in [-0.4, -0.2) is 26.8 Å². The minimum absolute atomic E-state index is 0.0915. The van der Waals surface area contributed by atoms with Gasteiger partial charge in [0.05, 0.1) is 5.69 Å². The number of halogens is 1. The second-order valence-electron chi connectivity index (χ2n) is 7.17. The summed E-state index contributed by atoms with van der Waals surface area (Å²) in [5.74, 6) is -0.367. The van der Waals surface area contributed by atoms with Crippen molar-refractivity contribution in [1.29, 1.82) is 0 Å². The molecule has 2 N–H and O–H groups in total. The lowest BCUT2D eigenvalue weighted by molar-refractivity contribution is 0.0957. The summed E-state index contributed by atoms with van der Waals surface area (Å²) < 4.78 is 15.1. The van der Waals surface area contributed by atoms with Crippen LogP contribution in [-0.2, 0) is 6.42 Å². The Morgan fingerprint density at radius 3 is 2.80 bits per heavy atom. The van der Waals surface area contributed by atoms with Crippen LogP contribution < -0.4 is 5.32 Å². The van der Waals surface area contributed by atoms with Crippen molar-refractivity contribution in [1.82, 2.24) is 19.7 Å². The minimum atomic E-state index is -0.275. The van der Waals surface area contributed by atoms with E-state index in [1.807, 2.05) is 41.9 Å². The van der Waals surface area contributed by atoms with E-state index in [1.165, 1.54) is 34.4 Å². The smallest absolute Gasteiger partial charge is 0.263 e. The fraction of sp³-hybridized carbons (Fsp3) is 0.130. The van der Waals surface area contributed by atoms with Crippen molar-refractivity contribution in [3.8, 4) is 11.3 Å². The summed E-state index contributed by atoms with van der Waals surface area (Å²) in [6.07, 6.45) is 4.64. The zero-order chi connectivity index (χ0) is 20.7. The van der Waals surface area contributed by atoms with Crippen LogP contribution >= 0.6 is 11.3 Å². The maximum absolute atomic E-state index is 13.2. The van der Waals surface area contributed by atoms with Crippen molar-refractivity contribution < 1.29 is 9.18 Å². The number of para-hydroxylation sites is 1. The van der Waals surface area contributed by atoms with Gasteiger partial charge in [-0.15, -0.1) is 0 Å². The minimum Gasteiger partial charge on any atom is -0.361 e. The van der Waals surface area contributed by atoms with Gasteiger partial charge in [-0.1, -0.05) is 29.5 Å². The molecular formula is C23H19FN4OS. The van der Waals surface area contributed by atoms with Gasteiger partial charge in [-0.3, -0.25) is 9.20 Å². The van der Waals surface area contributed by atoms with E-state index in [2.05, 4.69) is 21.4 Å². The Balaban J connectivity index is 1.30. The van der Waals surface area contributed by atoms with Crippen molar-refractivity contribution in [3.05, 3.63) is 82.9 Å². The zero-order valence-corrected chi connectivity index (χ0v) is 17.1. The van der Waals surface area contributed by atoms with Crippen LogP contribution in [0.5, 0.6) is 0 Å². The number of hydrogen-bond acceptors (Lipinski definition) is 3. The highest BCUT2D eigenvalue weighted by Crippen LogP contribution is 2.27. The Labute approximate surface area is 176 Å². The molecule has 5 nitrogen and oxygen atoms in total. The van der Waals surface area contributed by atoms with Crippen LogP contribution in [0.4, 0.5) is 4.39 Å². The lowest BCUT2D eigenvalue weighted by Crippen LogP contribution is -2.25. The van der Waals surface area contributed by atoms with Gasteiger partial charge in [-0.25, -0.2) is 9.37 Å². The molecular weight excluding hydrogens is 399 g/mol. The highest BCUT2D eigenvalue weighted by Gasteiger charge is 2.18. The first-order chi connectivity index (χ1) is 14.6. The summed E-state index contributed by atoms with van der Waals surface area (Å²) in [6.45, 7) is 2.47. The van der Waals surface area contributed by atoms with Gasteiger partial charge in [0.1, 0.15) is 10.7 Å². The number of aryl methyl sites for hydroxylation is 1. The largest absolute Gasteiger partial charge is 0.361 e. The molecule has 7 heteroatoms. The lowest BCUT2D eigenvalue weighted by Gasteiger charge is -2.04. The van der Waals surface area contributed by atoms with Crippen LogP contribution in [0.3, 0.4) is 0 Å². The molecule has 0 aliphatic rings. The summed E-state index contributed by atoms with van der Waals surface area (Å²) in [5, 5.41) is 4.21. The maximum Gasteiger partial charge on any atom is 0.263 e. The van der Waals surface area contributed by atoms with Crippen LogP contribution in [0.1, 0.15) is 20.9 Å². The molecule has 0 bridgehead atoms. The monoisotopic (exact) mass is 418 g/mol. The molecule has 2 aromatic carbocycles. The van der Waals surface area contributed by atoms with E-state index in [0.717, 1.165) is 33.8 Å². The Morgan fingerprint density at radius 2 is 2.00 bits per heavy atom. The van der Waals surface area contributed by atoms with Gasteiger partial charge in [0.2, 0.25) is 0 Å². The van der Waals surface area contributed by atoms with E-state index in [9.17, 15) is 9.18 Å². The van der Waals surface area contributed by atoms with E-state index in [-0.39, 0.29) is 11.7 Å². The number of amides is 1. The molecule has 0 aliphatic heterocycles. The first-order valence-electron chi connectivity index (χ1n) is 9.68. The molecule has 1 amide bonds. The van der Waals surface area contributed by atoms with Gasteiger partial charge < -0.3 is 10.3 Å². The van der Waals surface area contributed by atoms with Gasteiger partial charge in [0.15, 0.2) is 4.96 Å². The molecule has 0 radical (unpaired) electrons. The molecule has 0 fully saturated rings. The van der Waals surface area contributed by atoms with Crippen LogP contribution in [0.2, 0.25) is 0 Å². The number of rotatable bonds is 5. The molecule has 30 heavy (non-hydrogen) atoms. The number of fused-ring (bicyclic) bond motifs is 2. The van der Waals surface area contributed by atoms with Crippen LogP contribution in [0.25, 0.3) is 27.1 Å². The Bertz CT molecular complexity index is 1360. The average Bonchev–Trinajstić information content (AvgIpc) is 3.43. The van der Waals surface area contributed by atoms with Gasteiger partial charge >= 0.3 is 0 Å². The molecule has 150 valence electrons. The molecule has 5 aromatic rings. The highest BCUT2D eigenvalue weighted by molar-refractivity contribution is 7.19. The molecule has 0 unspecified atom stereocenters. The number of imidazole rings is 1. The van der Waals surface area contributed by atoms with Crippen molar-refractivity contribution >= 4 is 33.1 Å². The van der Waals surface area contributed by atoms with Crippen LogP contribution in [0, 0.1) is 12.7 Å². The third-order valence-corrected chi connectivity index (χ3v) is 6.41. The molecule has 0 saturated carbocycles. The SMILES string of the molecule is Cc1c(C(=O)NCCc2c[nH]c3ccccc23)sc2nc(-c3ccc(F)cc3)cn12. The highest BCUT2D eigenvalue weighted by atomic mass is 32.1. The number of aromatic nitrogens is 3. The Kier molecular flexibility index (Phi) is 4.59. The molecule has 3 heterocycles. The molecule has 0 spiro atoms. The number of nitrogens with zero attached hydrogens (tertiary/aromatic N) is 2. The topological polar surface area (TPSA) is 62.2 Å². The molecule has 0 atom stereocenters. The predicted molar refractivity (Wildman–Crippen MR) is 118 cm³/mol. The number of H-pyrrole nitrogens is 1. The number of thiazole rings is 1. The number of carbonyl (C=O) groups is 1. The molecule has 3 aromatic heterocycles. The Morgan fingerprint density at radius 1 is 1.20 bits per heavy atom. The number of benzene rings is 2. The van der Waals surface area contributed by atoms with Crippen molar-refractivity contribution in [2.45, 2.75) is 13.3 Å². The van der Waals surface area contributed by atoms with E-state index < -0.39 is 0 Å². The predicted octanol–water partition coefficient (Wildman–Crippen LogP) is 4.96. The summed E-state index contributed by atoms with van der Waals surface area (Å²) in [5.41, 5.74) is 4.74. The van der Waals surface area contributed by atoms with E-state index >= 15 is 0 Å². The average molecular weight is 418 g/mol. The Hall–Kier alpha value is -3.45. The van der Waals surface area contributed by atoms with Crippen molar-refractivity contribution in [2.24, 2.45) is 0 Å². The van der Waals surface area contributed by atoms with E-state index in [0.29, 0.717) is 11.4 Å². The molecule has 5 rings (SSSR count). The normalized spacial score (nSPS) is 11.4. The number of aromatic amines is 1. The lowest BCUT2D eigenvalue weighted by atomic mass is 10.1. The second kappa shape index (κ2) is 7.42. The third kappa shape index (κ3) is 3.27. The number of carbonyl (C=O) groups excluding carboxylic acids is 1. The summed E-state index contributed by atoms with van der Waals surface area (Å²) in [4.78, 5) is 22.0. The van der Waals surface area contributed by atoms with Crippen LogP contribution in [0.15, 0.2) is 60.9 Å². The van der Waals surface area contributed by atoms with Gasteiger partial charge in [-0.2, -0.15) is 0 Å². The summed E-state index contributed by atoms with van der Waals surface area (Å²) in [7, 11) is 0. The number of nitrogens with one attached hydrogen (secondary N) is 2. The van der Waals surface area contributed by atoms with Crippen molar-refractivity contribution in [2.75, 3.05) is 6.54 Å². The summed E-state index contributed by atoms with van der Waals surface area (Å²) >= 11 is 1.36. The first-order valence-corrected chi connectivity index (χ1v) is 10.5. The van der Waals surface area contributed by atoms with E-state index in [4.69, 9.17) is 0 Å². The van der Waals surface area contributed by atoms with E-state index in [1.54, 1.807) is 12.1 Å². The number of hydrogen-bond donors (Lipinski definition) is 2. The zero-order valence-electron chi connectivity index (χ0n) is 16.3.